The SMILES string of the molecule is C#CC(CC)NCc1cc(-c2ccccc2)cs1. The van der Waals surface area contributed by atoms with E-state index in [-0.39, 0.29) is 6.04 Å². The van der Waals surface area contributed by atoms with Crippen LogP contribution in [0, 0.1) is 12.3 Å². The Kier molecular flexibility index (Phi) is 4.58. The number of hydrogen-bond donors (Lipinski definition) is 1. The molecule has 92 valence electrons. The molecule has 0 radical (unpaired) electrons. The summed E-state index contributed by atoms with van der Waals surface area (Å²) in [4.78, 5) is 1.32. The van der Waals surface area contributed by atoms with Gasteiger partial charge >= 0.3 is 0 Å². The highest BCUT2D eigenvalue weighted by Crippen LogP contribution is 2.25. The van der Waals surface area contributed by atoms with Gasteiger partial charge < -0.3 is 0 Å². The van der Waals surface area contributed by atoms with Gasteiger partial charge in [-0.05, 0) is 29.0 Å². The predicted octanol–water partition coefficient (Wildman–Crippen LogP) is 3.92. The van der Waals surface area contributed by atoms with Crippen LogP contribution in [0.2, 0.25) is 0 Å². The molecule has 0 aliphatic rings. The fourth-order valence-corrected chi connectivity index (χ4v) is 2.64. The topological polar surface area (TPSA) is 12.0 Å². The molecule has 1 unspecified atom stereocenters. The second-order valence-electron chi connectivity index (χ2n) is 4.18. The first-order chi connectivity index (χ1) is 8.83. The number of terminal acetylenes is 1. The van der Waals surface area contributed by atoms with Crippen LogP contribution in [0.25, 0.3) is 11.1 Å². The average molecular weight is 255 g/mol. The van der Waals surface area contributed by atoms with Gasteiger partial charge in [0.2, 0.25) is 0 Å². The van der Waals surface area contributed by atoms with Crippen molar-refractivity contribution >= 4 is 11.3 Å². The largest absolute Gasteiger partial charge is 0.299 e. The second-order valence-corrected chi connectivity index (χ2v) is 5.17. The van der Waals surface area contributed by atoms with E-state index in [4.69, 9.17) is 6.42 Å². The second kappa shape index (κ2) is 6.39. The van der Waals surface area contributed by atoms with E-state index in [2.05, 4.69) is 53.9 Å². The molecule has 1 heterocycles. The Labute approximate surface area is 113 Å². The summed E-state index contributed by atoms with van der Waals surface area (Å²) in [5.41, 5.74) is 2.55. The summed E-state index contributed by atoms with van der Waals surface area (Å²) >= 11 is 1.78. The molecular formula is C16H17NS. The monoisotopic (exact) mass is 255 g/mol. The van der Waals surface area contributed by atoms with Crippen LogP contribution >= 0.6 is 11.3 Å². The molecule has 1 aromatic carbocycles. The summed E-state index contributed by atoms with van der Waals surface area (Å²) in [6.07, 6.45) is 6.40. The number of nitrogens with one attached hydrogen (secondary N) is 1. The number of hydrogen-bond acceptors (Lipinski definition) is 2. The average Bonchev–Trinajstić information content (AvgIpc) is 2.90. The molecular weight excluding hydrogens is 238 g/mol. The van der Waals surface area contributed by atoms with Crippen LogP contribution in [0.3, 0.4) is 0 Å². The first kappa shape index (κ1) is 12.9. The van der Waals surface area contributed by atoms with Crippen molar-refractivity contribution in [2.75, 3.05) is 0 Å². The van der Waals surface area contributed by atoms with Crippen molar-refractivity contribution in [1.82, 2.24) is 5.32 Å². The quantitative estimate of drug-likeness (QED) is 0.799. The molecule has 0 saturated carbocycles. The molecule has 2 heteroatoms. The van der Waals surface area contributed by atoms with Gasteiger partial charge in [0.05, 0.1) is 6.04 Å². The first-order valence-corrected chi connectivity index (χ1v) is 7.03. The zero-order chi connectivity index (χ0) is 12.8. The lowest BCUT2D eigenvalue weighted by molar-refractivity contribution is 0.597. The minimum atomic E-state index is 0.173. The fraction of sp³-hybridized carbons (Fsp3) is 0.250. The Bertz CT molecular complexity index is 522. The summed E-state index contributed by atoms with van der Waals surface area (Å²) in [6.45, 7) is 2.95. The van der Waals surface area contributed by atoms with Crippen LogP contribution in [0.1, 0.15) is 18.2 Å². The summed E-state index contributed by atoms with van der Waals surface area (Å²) in [7, 11) is 0. The molecule has 1 atom stereocenters. The number of thiophene rings is 1. The summed E-state index contributed by atoms with van der Waals surface area (Å²) < 4.78 is 0. The van der Waals surface area contributed by atoms with E-state index in [0.717, 1.165) is 13.0 Å². The van der Waals surface area contributed by atoms with E-state index >= 15 is 0 Å². The lowest BCUT2D eigenvalue weighted by Gasteiger charge is -2.08. The predicted molar refractivity (Wildman–Crippen MR) is 79.5 cm³/mol. The van der Waals surface area contributed by atoms with Crippen molar-refractivity contribution in [3.05, 3.63) is 46.7 Å². The van der Waals surface area contributed by atoms with E-state index in [9.17, 15) is 0 Å². The van der Waals surface area contributed by atoms with Crippen molar-refractivity contribution in [2.24, 2.45) is 0 Å². The van der Waals surface area contributed by atoms with Gasteiger partial charge in [-0.1, -0.05) is 43.2 Å². The highest BCUT2D eigenvalue weighted by atomic mass is 32.1. The molecule has 0 bridgehead atoms. The van der Waals surface area contributed by atoms with Crippen LogP contribution in [0.4, 0.5) is 0 Å². The molecule has 0 aliphatic carbocycles. The van der Waals surface area contributed by atoms with Crippen molar-refractivity contribution < 1.29 is 0 Å². The van der Waals surface area contributed by atoms with Gasteiger partial charge in [-0.2, -0.15) is 0 Å². The summed E-state index contributed by atoms with van der Waals surface area (Å²) in [5.74, 6) is 2.75. The normalized spacial score (nSPS) is 12.0. The third kappa shape index (κ3) is 3.22. The maximum Gasteiger partial charge on any atom is 0.0687 e. The highest BCUT2D eigenvalue weighted by molar-refractivity contribution is 7.10. The van der Waals surface area contributed by atoms with Gasteiger partial charge in [0, 0.05) is 11.4 Å². The Balaban J connectivity index is 2.01. The molecule has 0 fully saturated rings. The van der Waals surface area contributed by atoms with Crippen LogP contribution < -0.4 is 5.32 Å². The van der Waals surface area contributed by atoms with Crippen molar-refractivity contribution in [3.8, 4) is 23.5 Å². The van der Waals surface area contributed by atoms with Crippen LogP contribution in [0.15, 0.2) is 41.8 Å². The highest BCUT2D eigenvalue weighted by Gasteiger charge is 2.04. The Morgan fingerprint density at radius 2 is 2.06 bits per heavy atom. The Hall–Kier alpha value is -1.56. The molecule has 0 aliphatic heterocycles. The molecule has 0 saturated heterocycles. The van der Waals surface area contributed by atoms with E-state index in [0.29, 0.717) is 0 Å². The lowest BCUT2D eigenvalue weighted by Crippen LogP contribution is -2.25. The maximum absolute atomic E-state index is 5.43. The molecule has 2 aromatic rings. The number of rotatable bonds is 5. The smallest absolute Gasteiger partial charge is 0.0687 e. The minimum Gasteiger partial charge on any atom is -0.299 e. The van der Waals surface area contributed by atoms with Crippen LogP contribution in [-0.2, 0) is 6.54 Å². The maximum atomic E-state index is 5.43. The van der Waals surface area contributed by atoms with Gasteiger partial charge in [-0.25, -0.2) is 0 Å². The fourth-order valence-electron chi connectivity index (χ4n) is 1.80. The van der Waals surface area contributed by atoms with Crippen LogP contribution in [0.5, 0.6) is 0 Å². The zero-order valence-electron chi connectivity index (χ0n) is 10.5. The van der Waals surface area contributed by atoms with Gasteiger partial charge in [0.25, 0.3) is 0 Å². The van der Waals surface area contributed by atoms with Gasteiger partial charge in [-0.3, -0.25) is 5.32 Å². The van der Waals surface area contributed by atoms with Crippen molar-refractivity contribution in [3.63, 3.8) is 0 Å². The van der Waals surface area contributed by atoms with Gasteiger partial charge in [-0.15, -0.1) is 17.8 Å². The molecule has 1 nitrogen and oxygen atoms in total. The summed E-state index contributed by atoms with van der Waals surface area (Å²) in [6, 6.07) is 12.8. The molecule has 2 rings (SSSR count). The van der Waals surface area contributed by atoms with E-state index in [1.807, 2.05) is 6.07 Å². The zero-order valence-corrected chi connectivity index (χ0v) is 11.3. The van der Waals surface area contributed by atoms with Gasteiger partial charge in [0.1, 0.15) is 0 Å². The first-order valence-electron chi connectivity index (χ1n) is 6.16. The van der Waals surface area contributed by atoms with E-state index in [1.165, 1.54) is 16.0 Å². The molecule has 0 amide bonds. The lowest BCUT2D eigenvalue weighted by atomic mass is 10.1. The van der Waals surface area contributed by atoms with Crippen molar-refractivity contribution in [1.29, 1.82) is 0 Å². The number of benzene rings is 1. The third-order valence-corrected chi connectivity index (χ3v) is 3.83. The van der Waals surface area contributed by atoms with E-state index < -0.39 is 0 Å². The molecule has 1 aromatic heterocycles. The Morgan fingerprint density at radius 1 is 1.28 bits per heavy atom. The van der Waals surface area contributed by atoms with Crippen LogP contribution in [-0.4, -0.2) is 6.04 Å². The standard InChI is InChI=1S/C16H17NS/c1-3-15(4-2)17-11-16-10-14(12-18-16)13-8-6-5-7-9-13/h1,5-10,12,15,17H,4,11H2,2H3. The van der Waals surface area contributed by atoms with Gasteiger partial charge in [0.15, 0.2) is 0 Å². The molecule has 1 N–H and O–H groups in total. The molecule has 18 heavy (non-hydrogen) atoms. The Morgan fingerprint density at radius 3 is 2.72 bits per heavy atom. The van der Waals surface area contributed by atoms with Crippen molar-refractivity contribution in [2.45, 2.75) is 25.9 Å². The third-order valence-electron chi connectivity index (χ3n) is 2.89. The minimum absolute atomic E-state index is 0.173. The molecule has 0 spiro atoms. The van der Waals surface area contributed by atoms with E-state index in [1.54, 1.807) is 11.3 Å². The summed E-state index contributed by atoms with van der Waals surface area (Å²) in [5, 5.41) is 5.57.